The molecule has 1 saturated carbocycles. The first-order valence-corrected chi connectivity index (χ1v) is 6.33. The third kappa shape index (κ3) is 1.95. The SMILES string of the molecule is Cc1cc(N2CC3CCCC3C2)nc(NN)n1. The second kappa shape index (κ2) is 4.14. The van der Waals surface area contributed by atoms with Gasteiger partial charge in [-0.05, 0) is 31.6 Å². The van der Waals surface area contributed by atoms with Crippen LogP contribution >= 0.6 is 0 Å². The van der Waals surface area contributed by atoms with Gasteiger partial charge in [0.15, 0.2) is 0 Å². The molecular formula is C12H19N5. The smallest absolute Gasteiger partial charge is 0.239 e. The number of hydrogen-bond donors (Lipinski definition) is 2. The van der Waals surface area contributed by atoms with E-state index in [9.17, 15) is 0 Å². The van der Waals surface area contributed by atoms with E-state index in [1.165, 1.54) is 19.3 Å². The predicted octanol–water partition coefficient (Wildman–Crippen LogP) is 1.31. The molecule has 0 amide bonds. The maximum absolute atomic E-state index is 5.38. The maximum Gasteiger partial charge on any atom is 0.239 e. The molecule has 0 aromatic carbocycles. The molecule has 3 N–H and O–H groups in total. The zero-order valence-electron chi connectivity index (χ0n) is 10.2. The van der Waals surface area contributed by atoms with Crippen molar-refractivity contribution in [2.24, 2.45) is 17.7 Å². The van der Waals surface area contributed by atoms with Crippen LogP contribution in [-0.4, -0.2) is 23.1 Å². The number of nitrogen functional groups attached to an aromatic ring is 1. The number of fused-ring (bicyclic) bond motifs is 1. The quantitative estimate of drug-likeness (QED) is 0.595. The number of aryl methyl sites for hydroxylation is 1. The highest BCUT2D eigenvalue weighted by Crippen LogP contribution is 2.39. The Morgan fingerprint density at radius 2 is 2.00 bits per heavy atom. The van der Waals surface area contributed by atoms with Gasteiger partial charge in [-0.1, -0.05) is 6.42 Å². The van der Waals surface area contributed by atoms with E-state index in [0.717, 1.165) is 36.4 Å². The molecule has 1 aromatic rings. The second-order valence-electron chi connectivity index (χ2n) is 5.19. The molecule has 1 aliphatic carbocycles. The highest BCUT2D eigenvalue weighted by Gasteiger charge is 2.36. The van der Waals surface area contributed by atoms with Crippen LogP contribution in [0, 0.1) is 18.8 Å². The van der Waals surface area contributed by atoms with Gasteiger partial charge < -0.3 is 4.90 Å². The normalized spacial score (nSPS) is 27.3. The molecule has 1 aliphatic heterocycles. The van der Waals surface area contributed by atoms with E-state index in [1.54, 1.807) is 0 Å². The summed E-state index contributed by atoms with van der Waals surface area (Å²) in [5.41, 5.74) is 3.49. The van der Waals surface area contributed by atoms with Gasteiger partial charge >= 0.3 is 0 Å². The summed E-state index contributed by atoms with van der Waals surface area (Å²) in [5, 5.41) is 0. The summed E-state index contributed by atoms with van der Waals surface area (Å²) in [6.07, 6.45) is 4.17. The summed E-state index contributed by atoms with van der Waals surface area (Å²) in [5.74, 6) is 8.66. The molecule has 17 heavy (non-hydrogen) atoms. The van der Waals surface area contributed by atoms with Crippen molar-refractivity contribution in [2.45, 2.75) is 26.2 Å². The predicted molar refractivity (Wildman–Crippen MR) is 67.6 cm³/mol. The lowest BCUT2D eigenvalue weighted by atomic mass is 10.0. The number of nitrogens with one attached hydrogen (secondary N) is 1. The number of hydrogen-bond acceptors (Lipinski definition) is 5. The first-order chi connectivity index (χ1) is 8.26. The van der Waals surface area contributed by atoms with E-state index in [0.29, 0.717) is 5.95 Å². The fraction of sp³-hybridized carbons (Fsp3) is 0.667. The summed E-state index contributed by atoms with van der Waals surface area (Å²) in [7, 11) is 0. The number of hydrazine groups is 1. The first kappa shape index (κ1) is 10.8. The number of nitrogens with two attached hydrogens (primary N) is 1. The Hall–Kier alpha value is -1.36. The average Bonchev–Trinajstić information content (AvgIpc) is 2.88. The van der Waals surface area contributed by atoms with Gasteiger partial charge in [0.1, 0.15) is 5.82 Å². The van der Waals surface area contributed by atoms with Crippen molar-refractivity contribution in [3.63, 3.8) is 0 Å². The zero-order valence-corrected chi connectivity index (χ0v) is 10.2. The molecule has 5 heteroatoms. The van der Waals surface area contributed by atoms with E-state index >= 15 is 0 Å². The molecule has 0 radical (unpaired) electrons. The summed E-state index contributed by atoms with van der Waals surface area (Å²) in [4.78, 5) is 11.0. The Morgan fingerprint density at radius 1 is 1.29 bits per heavy atom. The van der Waals surface area contributed by atoms with Gasteiger partial charge in [-0.25, -0.2) is 10.8 Å². The highest BCUT2D eigenvalue weighted by atomic mass is 15.3. The Morgan fingerprint density at radius 3 is 2.65 bits per heavy atom. The van der Waals surface area contributed by atoms with Crippen molar-refractivity contribution in [3.8, 4) is 0 Å². The number of aromatic nitrogens is 2. The molecule has 0 bridgehead atoms. The fourth-order valence-electron chi connectivity index (χ4n) is 3.20. The van der Waals surface area contributed by atoms with Crippen molar-refractivity contribution in [1.82, 2.24) is 9.97 Å². The van der Waals surface area contributed by atoms with E-state index in [2.05, 4.69) is 20.3 Å². The summed E-state index contributed by atoms with van der Waals surface area (Å²) >= 11 is 0. The van der Waals surface area contributed by atoms with E-state index in [1.807, 2.05) is 13.0 Å². The van der Waals surface area contributed by atoms with E-state index in [4.69, 9.17) is 5.84 Å². The van der Waals surface area contributed by atoms with Crippen LogP contribution in [0.25, 0.3) is 0 Å². The molecule has 2 aliphatic rings. The topological polar surface area (TPSA) is 67.1 Å². The van der Waals surface area contributed by atoms with Crippen LogP contribution in [-0.2, 0) is 0 Å². The van der Waals surface area contributed by atoms with Crippen molar-refractivity contribution in [3.05, 3.63) is 11.8 Å². The van der Waals surface area contributed by atoms with Crippen LogP contribution in [0.2, 0.25) is 0 Å². The van der Waals surface area contributed by atoms with Gasteiger partial charge in [0, 0.05) is 24.8 Å². The van der Waals surface area contributed by atoms with Gasteiger partial charge in [-0.2, -0.15) is 4.98 Å². The van der Waals surface area contributed by atoms with Gasteiger partial charge in [0.25, 0.3) is 0 Å². The number of anilines is 2. The molecule has 3 rings (SSSR count). The highest BCUT2D eigenvalue weighted by molar-refractivity contribution is 5.45. The number of nitrogens with zero attached hydrogens (tertiary/aromatic N) is 3. The minimum Gasteiger partial charge on any atom is -0.356 e. The van der Waals surface area contributed by atoms with Gasteiger partial charge in [-0.3, -0.25) is 5.43 Å². The van der Waals surface area contributed by atoms with Gasteiger partial charge in [-0.15, -0.1) is 0 Å². The molecule has 2 fully saturated rings. The molecule has 1 aromatic heterocycles. The Balaban J connectivity index is 1.82. The lowest BCUT2D eigenvalue weighted by molar-refractivity contribution is 0.494. The standard InChI is InChI=1S/C12H19N5/c1-8-5-11(15-12(14-8)16-13)17-6-9-3-2-4-10(9)7-17/h5,9-10H,2-4,6-7,13H2,1H3,(H,14,15,16). The zero-order chi connectivity index (χ0) is 11.8. The summed E-state index contributed by atoms with van der Waals surface area (Å²) in [6.45, 7) is 4.26. The lowest BCUT2D eigenvalue weighted by Crippen LogP contribution is -2.23. The van der Waals surface area contributed by atoms with Crippen LogP contribution in [0.15, 0.2) is 6.07 Å². The van der Waals surface area contributed by atoms with E-state index in [-0.39, 0.29) is 0 Å². The minimum atomic E-state index is 0.511. The molecule has 2 heterocycles. The molecular weight excluding hydrogens is 214 g/mol. The van der Waals surface area contributed by atoms with Crippen LogP contribution < -0.4 is 16.2 Å². The summed E-state index contributed by atoms with van der Waals surface area (Å²) in [6, 6.07) is 2.04. The second-order valence-corrected chi connectivity index (χ2v) is 5.19. The third-order valence-electron chi connectivity index (χ3n) is 4.02. The Labute approximate surface area is 101 Å². The van der Waals surface area contributed by atoms with Crippen molar-refractivity contribution in [2.75, 3.05) is 23.4 Å². The van der Waals surface area contributed by atoms with Crippen molar-refractivity contribution < 1.29 is 0 Å². The van der Waals surface area contributed by atoms with Crippen molar-refractivity contribution in [1.29, 1.82) is 0 Å². The first-order valence-electron chi connectivity index (χ1n) is 6.33. The van der Waals surface area contributed by atoms with Crippen LogP contribution in [0.3, 0.4) is 0 Å². The van der Waals surface area contributed by atoms with Gasteiger partial charge in [0.2, 0.25) is 5.95 Å². The molecule has 92 valence electrons. The number of rotatable bonds is 2. The summed E-state index contributed by atoms with van der Waals surface area (Å²) < 4.78 is 0. The van der Waals surface area contributed by atoms with Gasteiger partial charge in [0.05, 0.1) is 0 Å². The average molecular weight is 233 g/mol. The third-order valence-corrected chi connectivity index (χ3v) is 4.02. The fourth-order valence-corrected chi connectivity index (χ4v) is 3.20. The largest absolute Gasteiger partial charge is 0.356 e. The molecule has 1 saturated heterocycles. The maximum atomic E-state index is 5.38. The van der Waals surface area contributed by atoms with Crippen LogP contribution in [0.5, 0.6) is 0 Å². The Bertz CT molecular complexity index is 407. The lowest BCUT2D eigenvalue weighted by Gasteiger charge is -2.19. The molecule has 5 nitrogen and oxygen atoms in total. The van der Waals surface area contributed by atoms with Crippen LogP contribution in [0.1, 0.15) is 25.0 Å². The monoisotopic (exact) mass is 233 g/mol. The van der Waals surface area contributed by atoms with E-state index < -0.39 is 0 Å². The molecule has 2 atom stereocenters. The molecule has 2 unspecified atom stereocenters. The Kier molecular flexibility index (Phi) is 2.63. The molecule has 0 spiro atoms. The van der Waals surface area contributed by atoms with Crippen LogP contribution in [0.4, 0.5) is 11.8 Å². The van der Waals surface area contributed by atoms with Crippen molar-refractivity contribution >= 4 is 11.8 Å². The minimum absolute atomic E-state index is 0.511.